The molecule has 3 rings (SSSR count). The van der Waals surface area contributed by atoms with Crippen molar-refractivity contribution < 1.29 is 19.7 Å². The molecule has 4 nitrogen and oxygen atoms in total. The summed E-state index contributed by atoms with van der Waals surface area (Å²) < 4.78 is 5.48. The van der Waals surface area contributed by atoms with E-state index in [-0.39, 0.29) is 17.8 Å². The van der Waals surface area contributed by atoms with Gasteiger partial charge in [0.25, 0.3) is 0 Å². The fourth-order valence-electron chi connectivity index (χ4n) is 3.93. The quantitative estimate of drug-likeness (QED) is 0.509. The number of hydrogen-bond acceptors (Lipinski definition) is 4. The van der Waals surface area contributed by atoms with Gasteiger partial charge in [-0.3, -0.25) is 4.79 Å². The van der Waals surface area contributed by atoms with E-state index in [2.05, 4.69) is 6.58 Å². The molecule has 2 N–H and O–H groups in total. The molecular weight excluding hydrogens is 244 g/mol. The number of aliphatic hydroxyl groups is 2. The van der Waals surface area contributed by atoms with Crippen LogP contribution in [0.15, 0.2) is 24.3 Å². The fraction of sp³-hybridized carbons (Fsp3) is 0.667. The molecule has 0 radical (unpaired) electrons. The molecule has 1 saturated heterocycles. The van der Waals surface area contributed by atoms with Crippen LogP contribution in [0.1, 0.15) is 26.7 Å². The number of esters is 1. The van der Waals surface area contributed by atoms with E-state index in [1.807, 2.05) is 6.92 Å². The van der Waals surface area contributed by atoms with Gasteiger partial charge in [-0.15, -0.1) is 0 Å². The van der Waals surface area contributed by atoms with Crippen molar-refractivity contribution >= 4 is 5.97 Å². The summed E-state index contributed by atoms with van der Waals surface area (Å²) in [6, 6.07) is 0. The zero-order valence-corrected chi connectivity index (χ0v) is 11.3. The van der Waals surface area contributed by atoms with E-state index < -0.39 is 23.2 Å². The molecule has 1 saturated carbocycles. The van der Waals surface area contributed by atoms with Crippen LogP contribution < -0.4 is 0 Å². The molecule has 0 amide bonds. The number of ether oxygens (including phenoxy) is 1. The Morgan fingerprint density at radius 2 is 2.11 bits per heavy atom. The van der Waals surface area contributed by atoms with Crippen molar-refractivity contribution in [2.24, 2.45) is 17.8 Å². The third-order valence-electron chi connectivity index (χ3n) is 5.14. The number of carbonyl (C=O) groups excluding carboxylic acids is 1. The Labute approximate surface area is 112 Å². The highest BCUT2D eigenvalue weighted by molar-refractivity contribution is 5.75. The van der Waals surface area contributed by atoms with Gasteiger partial charge in [-0.1, -0.05) is 19.6 Å². The van der Waals surface area contributed by atoms with Gasteiger partial charge in [0.1, 0.15) is 11.7 Å². The lowest BCUT2D eigenvalue weighted by atomic mass is 9.73. The van der Waals surface area contributed by atoms with E-state index in [1.165, 1.54) is 0 Å². The lowest BCUT2D eigenvalue weighted by Gasteiger charge is -2.39. The first-order valence-corrected chi connectivity index (χ1v) is 6.81. The molecule has 4 heteroatoms. The van der Waals surface area contributed by atoms with Crippen LogP contribution in [0.3, 0.4) is 0 Å². The first-order chi connectivity index (χ1) is 8.77. The van der Waals surface area contributed by atoms with Crippen molar-refractivity contribution in [3.63, 3.8) is 0 Å². The largest absolute Gasteiger partial charge is 0.461 e. The molecule has 2 fully saturated rings. The number of rotatable bonds is 0. The number of hydrogen-bond donors (Lipinski definition) is 2. The zero-order valence-electron chi connectivity index (χ0n) is 11.3. The molecule has 0 aromatic carbocycles. The Hall–Kier alpha value is -1.13. The van der Waals surface area contributed by atoms with Crippen LogP contribution in [0.5, 0.6) is 0 Å². The Balaban J connectivity index is 2.08. The minimum atomic E-state index is -1.27. The van der Waals surface area contributed by atoms with E-state index in [4.69, 9.17) is 4.74 Å². The van der Waals surface area contributed by atoms with Crippen LogP contribution in [0.4, 0.5) is 0 Å². The molecule has 0 spiro atoms. The number of carbonyl (C=O) groups is 1. The van der Waals surface area contributed by atoms with E-state index in [1.54, 1.807) is 19.1 Å². The normalized spacial score (nSPS) is 52.6. The van der Waals surface area contributed by atoms with Gasteiger partial charge < -0.3 is 14.9 Å². The first-order valence-electron chi connectivity index (χ1n) is 6.81. The van der Waals surface area contributed by atoms with Gasteiger partial charge in [-0.2, -0.15) is 0 Å². The van der Waals surface area contributed by atoms with Crippen LogP contribution in [-0.4, -0.2) is 33.5 Å². The van der Waals surface area contributed by atoms with Crippen LogP contribution in [-0.2, 0) is 9.53 Å². The summed E-state index contributed by atoms with van der Waals surface area (Å²) >= 11 is 0. The molecule has 0 aromatic heterocycles. The SMILES string of the molecule is C=C1CC[C@@H]2[C@H](OC(=O)[C@@H]2C)[C@H]2[C@@](C)(O)C=C[C@]12O. The predicted molar refractivity (Wildman–Crippen MR) is 69.1 cm³/mol. The standard InChI is InChI=1S/C15H20O4/c1-8-4-5-10-9(2)13(16)19-11(10)12-14(3,17)6-7-15(8,12)18/h6-7,9-12,17-18H,1,4-5H2,2-3H3/t9-,10+,11+,12+,14+,15+/m1/s1. The highest BCUT2D eigenvalue weighted by Gasteiger charge is 2.61. The van der Waals surface area contributed by atoms with Crippen molar-refractivity contribution in [3.8, 4) is 0 Å². The maximum Gasteiger partial charge on any atom is 0.309 e. The molecule has 3 aliphatic rings. The van der Waals surface area contributed by atoms with E-state index in [0.29, 0.717) is 12.0 Å². The summed E-state index contributed by atoms with van der Waals surface area (Å²) in [4.78, 5) is 11.8. The van der Waals surface area contributed by atoms with Crippen LogP contribution in [0.25, 0.3) is 0 Å². The lowest BCUT2D eigenvalue weighted by Crippen LogP contribution is -2.51. The second kappa shape index (κ2) is 3.70. The minimum Gasteiger partial charge on any atom is -0.461 e. The molecule has 104 valence electrons. The zero-order chi connectivity index (χ0) is 14.0. The Morgan fingerprint density at radius 1 is 1.42 bits per heavy atom. The molecule has 1 heterocycles. The minimum absolute atomic E-state index is 0.0367. The van der Waals surface area contributed by atoms with Crippen molar-refractivity contribution in [1.82, 2.24) is 0 Å². The van der Waals surface area contributed by atoms with E-state index >= 15 is 0 Å². The molecule has 2 aliphatic carbocycles. The molecule has 19 heavy (non-hydrogen) atoms. The molecule has 0 aromatic rings. The van der Waals surface area contributed by atoms with E-state index in [9.17, 15) is 15.0 Å². The molecule has 0 bridgehead atoms. The lowest BCUT2D eigenvalue weighted by molar-refractivity contribution is -0.153. The fourth-order valence-corrected chi connectivity index (χ4v) is 3.93. The van der Waals surface area contributed by atoms with Crippen LogP contribution in [0, 0.1) is 17.8 Å². The van der Waals surface area contributed by atoms with Gasteiger partial charge in [0.15, 0.2) is 0 Å². The molecule has 1 aliphatic heterocycles. The second-order valence-electron chi connectivity index (χ2n) is 6.36. The van der Waals surface area contributed by atoms with Gasteiger partial charge in [0.05, 0.1) is 17.4 Å². The maximum absolute atomic E-state index is 11.8. The third kappa shape index (κ3) is 1.56. The Kier molecular flexibility index (Phi) is 2.51. The van der Waals surface area contributed by atoms with E-state index in [0.717, 1.165) is 6.42 Å². The summed E-state index contributed by atoms with van der Waals surface area (Å²) in [5.41, 5.74) is -1.76. The summed E-state index contributed by atoms with van der Waals surface area (Å²) in [7, 11) is 0. The van der Waals surface area contributed by atoms with Gasteiger partial charge >= 0.3 is 5.97 Å². The van der Waals surface area contributed by atoms with Crippen molar-refractivity contribution in [2.75, 3.05) is 0 Å². The summed E-state index contributed by atoms with van der Waals surface area (Å²) in [5.74, 6) is -0.937. The average molecular weight is 264 g/mol. The highest BCUT2D eigenvalue weighted by atomic mass is 16.6. The molecule has 0 unspecified atom stereocenters. The second-order valence-corrected chi connectivity index (χ2v) is 6.36. The topological polar surface area (TPSA) is 66.8 Å². The maximum atomic E-state index is 11.8. The number of fused-ring (bicyclic) bond motifs is 3. The average Bonchev–Trinajstić information content (AvgIpc) is 2.69. The van der Waals surface area contributed by atoms with Gasteiger partial charge in [-0.05, 0) is 31.4 Å². The van der Waals surface area contributed by atoms with Gasteiger partial charge in [-0.25, -0.2) is 0 Å². The smallest absolute Gasteiger partial charge is 0.309 e. The summed E-state index contributed by atoms with van der Waals surface area (Å²) in [5, 5.41) is 21.4. The highest BCUT2D eigenvalue weighted by Crippen LogP contribution is 2.53. The van der Waals surface area contributed by atoms with Crippen LogP contribution in [0.2, 0.25) is 0 Å². The summed E-state index contributed by atoms with van der Waals surface area (Å²) in [6.45, 7) is 7.48. The Bertz CT molecular complexity index is 479. The van der Waals surface area contributed by atoms with Gasteiger partial charge in [0.2, 0.25) is 0 Å². The Morgan fingerprint density at radius 3 is 2.79 bits per heavy atom. The first kappa shape index (κ1) is 12.9. The molecular formula is C15H20O4. The molecule has 6 atom stereocenters. The van der Waals surface area contributed by atoms with Crippen molar-refractivity contribution in [3.05, 3.63) is 24.3 Å². The van der Waals surface area contributed by atoms with Crippen molar-refractivity contribution in [2.45, 2.75) is 44.0 Å². The third-order valence-corrected chi connectivity index (χ3v) is 5.14. The summed E-state index contributed by atoms with van der Waals surface area (Å²) in [6.07, 6.45) is 4.17. The van der Waals surface area contributed by atoms with Gasteiger partial charge in [0, 0.05) is 5.92 Å². The van der Waals surface area contributed by atoms with Crippen LogP contribution >= 0.6 is 0 Å². The monoisotopic (exact) mass is 264 g/mol. The van der Waals surface area contributed by atoms with Crippen molar-refractivity contribution in [1.29, 1.82) is 0 Å². The predicted octanol–water partition coefficient (Wildman–Crippen LogP) is 1.18.